The molecule has 0 radical (unpaired) electrons. The summed E-state index contributed by atoms with van der Waals surface area (Å²) in [6.45, 7) is 16.0. The summed E-state index contributed by atoms with van der Waals surface area (Å²) in [5.41, 5.74) is 7.29. The second-order valence-electron chi connectivity index (χ2n) is 11.5. The normalized spacial score (nSPS) is 16.6. The third kappa shape index (κ3) is 3.87. The van der Waals surface area contributed by atoms with E-state index in [-0.39, 0.29) is 11.0 Å². The van der Waals surface area contributed by atoms with Gasteiger partial charge in [0.05, 0.1) is 11.5 Å². The predicted molar refractivity (Wildman–Crippen MR) is 146 cm³/mol. The summed E-state index contributed by atoms with van der Waals surface area (Å²) in [7, 11) is 0. The van der Waals surface area contributed by atoms with Crippen molar-refractivity contribution < 1.29 is 8.98 Å². The molecule has 0 bridgehead atoms. The molecular formula is C32H38N3O+. The van der Waals surface area contributed by atoms with Crippen LogP contribution in [0.5, 0.6) is 0 Å². The Morgan fingerprint density at radius 3 is 2.14 bits per heavy atom. The summed E-state index contributed by atoms with van der Waals surface area (Å²) >= 11 is 0. The summed E-state index contributed by atoms with van der Waals surface area (Å²) < 4.78 is 8.72. The molecule has 0 N–H and O–H groups in total. The van der Waals surface area contributed by atoms with Crippen LogP contribution in [0.15, 0.2) is 71.3 Å². The molecule has 2 aromatic heterocycles. The van der Waals surface area contributed by atoms with Crippen molar-refractivity contribution in [3.8, 4) is 34.2 Å². The Bertz CT molecular complexity index is 1370. The maximum Gasteiger partial charge on any atom is 0.248 e. The molecule has 0 spiro atoms. The molecule has 0 saturated heterocycles. The van der Waals surface area contributed by atoms with Crippen LogP contribution in [0.2, 0.25) is 0 Å². The SMILES string of the molecule is CCC1(CC)C(C(C)C)c2ccc(-c3nnc(-c4ccc(C(C)(C)C)cc4)o3)cc2-c2cccc[n+]21. The van der Waals surface area contributed by atoms with Crippen molar-refractivity contribution in [1.82, 2.24) is 10.2 Å². The Kier molecular flexibility index (Phi) is 6.10. The third-order valence-electron chi connectivity index (χ3n) is 8.14. The maximum atomic E-state index is 6.19. The van der Waals surface area contributed by atoms with Crippen molar-refractivity contribution in [2.75, 3.05) is 0 Å². The van der Waals surface area contributed by atoms with Gasteiger partial charge in [-0.05, 0) is 52.8 Å². The number of rotatable bonds is 5. The van der Waals surface area contributed by atoms with Gasteiger partial charge in [-0.25, -0.2) is 0 Å². The van der Waals surface area contributed by atoms with E-state index >= 15 is 0 Å². The monoisotopic (exact) mass is 480 g/mol. The number of nitrogens with zero attached hydrogens (tertiary/aromatic N) is 3. The summed E-state index contributed by atoms with van der Waals surface area (Å²) in [6, 6.07) is 21.7. The fourth-order valence-electron chi connectivity index (χ4n) is 6.25. The van der Waals surface area contributed by atoms with E-state index in [0.717, 1.165) is 24.0 Å². The highest BCUT2D eigenvalue weighted by Crippen LogP contribution is 2.49. The average Bonchev–Trinajstić information content (AvgIpc) is 3.37. The zero-order valence-electron chi connectivity index (χ0n) is 22.7. The van der Waals surface area contributed by atoms with Gasteiger partial charge in [-0.3, -0.25) is 0 Å². The first-order valence-electron chi connectivity index (χ1n) is 13.3. The Balaban J connectivity index is 1.58. The van der Waals surface area contributed by atoms with Crippen LogP contribution in [0.4, 0.5) is 0 Å². The van der Waals surface area contributed by atoms with Crippen LogP contribution in [0.3, 0.4) is 0 Å². The molecule has 5 rings (SSSR count). The Hall–Kier alpha value is -3.27. The lowest BCUT2D eigenvalue weighted by Gasteiger charge is -2.42. The quantitative estimate of drug-likeness (QED) is 0.272. The van der Waals surface area contributed by atoms with Crippen LogP contribution in [0.25, 0.3) is 34.2 Å². The number of fused-ring (bicyclic) bond motifs is 3. The summed E-state index contributed by atoms with van der Waals surface area (Å²) in [4.78, 5) is 0. The van der Waals surface area contributed by atoms with Gasteiger partial charge < -0.3 is 4.42 Å². The minimum absolute atomic E-state index is 0.0656. The molecular weight excluding hydrogens is 442 g/mol. The van der Waals surface area contributed by atoms with E-state index < -0.39 is 0 Å². The average molecular weight is 481 g/mol. The van der Waals surface area contributed by atoms with Gasteiger partial charge in [0.15, 0.2) is 11.7 Å². The molecule has 0 aliphatic carbocycles. The highest BCUT2D eigenvalue weighted by Gasteiger charge is 2.52. The molecule has 0 fully saturated rings. The van der Waals surface area contributed by atoms with Crippen molar-refractivity contribution in [2.24, 2.45) is 5.92 Å². The molecule has 1 unspecified atom stereocenters. The van der Waals surface area contributed by atoms with Crippen LogP contribution in [-0.2, 0) is 11.0 Å². The van der Waals surface area contributed by atoms with E-state index in [2.05, 4.69) is 130 Å². The predicted octanol–water partition coefficient (Wildman–Crippen LogP) is 7.92. The van der Waals surface area contributed by atoms with Gasteiger partial charge in [0, 0.05) is 36.1 Å². The first-order chi connectivity index (χ1) is 17.2. The molecule has 0 saturated carbocycles. The Morgan fingerprint density at radius 1 is 0.889 bits per heavy atom. The molecule has 4 heteroatoms. The van der Waals surface area contributed by atoms with Crippen molar-refractivity contribution in [3.05, 3.63) is 78.0 Å². The highest BCUT2D eigenvalue weighted by atomic mass is 16.4. The highest BCUT2D eigenvalue weighted by molar-refractivity contribution is 5.71. The number of hydrogen-bond acceptors (Lipinski definition) is 3. The minimum atomic E-state index is 0.0656. The molecule has 36 heavy (non-hydrogen) atoms. The second kappa shape index (κ2) is 8.99. The maximum absolute atomic E-state index is 6.19. The Morgan fingerprint density at radius 2 is 1.53 bits per heavy atom. The van der Waals surface area contributed by atoms with Gasteiger partial charge in [0.1, 0.15) is 0 Å². The molecule has 1 aliphatic rings. The lowest BCUT2D eigenvalue weighted by Crippen LogP contribution is -2.63. The van der Waals surface area contributed by atoms with Gasteiger partial charge >= 0.3 is 0 Å². The topological polar surface area (TPSA) is 42.8 Å². The van der Waals surface area contributed by atoms with E-state index in [1.54, 1.807) is 0 Å². The molecule has 4 nitrogen and oxygen atoms in total. The zero-order valence-corrected chi connectivity index (χ0v) is 22.7. The van der Waals surface area contributed by atoms with Gasteiger partial charge in [-0.1, -0.05) is 66.7 Å². The number of benzene rings is 2. The molecule has 0 amide bonds. The first kappa shape index (κ1) is 24.4. The van der Waals surface area contributed by atoms with Crippen LogP contribution >= 0.6 is 0 Å². The number of hydrogen-bond donors (Lipinski definition) is 0. The number of aromatic nitrogens is 3. The molecule has 186 valence electrons. The first-order valence-corrected chi connectivity index (χ1v) is 13.3. The summed E-state index contributed by atoms with van der Waals surface area (Å²) in [5, 5.41) is 8.81. The van der Waals surface area contributed by atoms with Crippen molar-refractivity contribution >= 4 is 0 Å². The van der Waals surface area contributed by atoms with Gasteiger partial charge in [-0.2, -0.15) is 4.57 Å². The standard InChI is InChI=1S/C32H38N3O/c1-8-32(9-2)28(21(3)4)25-18-15-23(20-26(25)27-12-10-11-19-35(27)32)30-34-33-29(36-30)22-13-16-24(17-14-22)31(5,6)7/h10-21,28H,8-9H2,1-7H3/q+1. The molecule has 1 atom stereocenters. The number of pyridine rings is 1. The van der Waals surface area contributed by atoms with E-state index in [0.29, 0.717) is 23.6 Å². The van der Waals surface area contributed by atoms with Crippen molar-refractivity contribution in [2.45, 2.75) is 78.2 Å². The van der Waals surface area contributed by atoms with Crippen LogP contribution < -0.4 is 4.57 Å². The van der Waals surface area contributed by atoms with Gasteiger partial charge in [-0.15, -0.1) is 10.2 Å². The van der Waals surface area contributed by atoms with E-state index in [4.69, 9.17) is 4.42 Å². The molecule has 1 aliphatic heterocycles. The van der Waals surface area contributed by atoms with E-state index in [1.807, 2.05) is 0 Å². The fourth-order valence-corrected chi connectivity index (χ4v) is 6.25. The summed E-state index contributed by atoms with van der Waals surface area (Å²) in [6.07, 6.45) is 4.45. The minimum Gasteiger partial charge on any atom is -0.416 e. The molecule has 4 aromatic rings. The van der Waals surface area contributed by atoms with Gasteiger partial charge in [0.25, 0.3) is 0 Å². The largest absolute Gasteiger partial charge is 0.416 e. The van der Waals surface area contributed by atoms with Gasteiger partial charge in [0.2, 0.25) is 17.5 Å². The Labute approximate surface area is 215 Å². The zero-order chi connectivity index (χ0) is 25.7. The fraction of sp³-hybridized carbons (Fsp3) is 0.406. The smallest absolute Gasteiger partial charge is 0.248 e. The summed E-state index contributed by atoms with van der Waals surface area (Å²) in [5.74, 6) is 2.05. The van der Waals surface area contributed by atoms with Crippen LogP contribution in [0, 0.1) is 5.92 Å². The van der Waals surface area contributed by atoms with Crippen molar-refractivity contribution in [1.29, 1.82) is 0 Å². The van der Waals surface area contributed by atoms with E-state index in [9.17, 15) is 0 Å². The van der Waals surface area contributed by atoms with Crippen LogP contribution in [-0.4, -0.2) is 10.2 Å². The second-order valence-corrected chi connectivity index (χ2v) is 11.5. The molecule has 3 heterocycles. The third-order valence-corrected chi connectivity index (χ3v) is 8.14. The van der Waals surface area contributed by atoms with E-state index in [1.165, 1.54) is 22.4 Å². The van der Waals surface area contributed by atoms with Crippen LogP contribution in [0.1, 0.15) is 78.4 Å². The lowest BCUT2D eigenvalue weighted by atomic mass is 9.66. The molecule has 2 aromatic carbocycles. The lowest BCUT2D eigenvalue weighted by molar-refractivity contribution is -0.763. The van der Waals surface area contributed by atoms with Crippen molar-refractivity contribution in [3.63, 3.8) is 0 Å².